The monoisotopic (exact) mass is 314 g/mol. The number of carbonyl (C=O) groups is 1. The van der Waals surface area contributed by atoms with E-state index < -0.39 is 0 Å². The molecule has 100 valence electrons. The van der Waals surface area contributed by atoms with Crippen LogP contribution < -0.4 is 15.8 Å². The molecule has 0 heterocycles. The third-order valence-corrected chi connectivity index (χ3v) is 2.92. The fourth-order valence-electron chi connectivity index (χ4n) is 1.55. The standard InChI is InChI=1S/C13H19BrN2O2/c1-3-16-13(17)6-7-18-12-8-10(14)4-5-11(12)9(2)15/h4-5,8-9H,3,6-7,15H2,1-2H3,(H,16,17)/t9-/m0/s1. The molecule has 1 rings (SSSR count). The van der Waals surface area contributed by atoms with Crippen LogP contribution >= 0.6 is 15.9 Å². The van der Waals surface area contributed by atoms with Gasteiger partial charge in [-0.15, -0.1) is 0 Å². The first kappa shape index (κ1) is 15.0. The number of nitrogens with two attached hydrogens (primary N) is 1. The fraction of sp³-hybridized carbons (Fsp3) is 0.462. The van der Waals surface area contributed by atoms with Gasteiger partial charge in [0.1, 0.15) is 5.75 Å². The lowest BCUT2D eigenvalue weighted by Crippen LogP contribution is -2.24. The number of ether oxygens (including phenoxy) is 1. The zero-order valence-electron chi connectivity index (χ0n) is 10.7. The summed E-state index contributed by atoms with van der Waals surface area (Å²) in [5, 5.41) is 2.73. The van der Waals surface area contributed by atoms with E-state index in [0.29, 0.717) is 19.6 Å². The SMILES string of the molecule is CCNC(=O)CCOc1cc(Br)ccc1[C@H](C)N. The van der Waals surface area contributed by atoms with Crippen LogP contribution in [0.4, 0.5) is 0 Å². The minimum absolute atomic E-state index is 0.00477. The van der Waals surface area contributed by atoms with E-state index in [1.54, 1.807) is 0 Å². The van der Waals surface area contributed by atoms with Gasteiger partial charge in [0.25, 0.3) is 0 Å². The van der Waals surface area contributed by atoms with Crippen molar-refractivity contribution in [3.63, 3.8) is 0 Å². The lowest BCUT2D eigenvalue weighted by atomic mass is 10.1. The molecule has 4 nitrogen and oxygen atoms in total. The van der Waals surface area contributed by atoms with Gasteiger partial charge in [0.15, 0.2) is 0 Å². The summed E-state index contributed by atoms with van der Waals surface area (Å²) in [6.45, 7) is 4.78. The van der Waals surface area contributed by atoms with Gasteiger partial charge in [0, 0.05) is 22.6 Å². The van der Waals surface area contributed by atoms with Crippen molar-refractivity contribution in [2.24, 2.45) is 5.73 Å². The summed E-state index contributed by atoms with van der Waals surface area (Å²) in [5.41, 5.74) is 6.81. The number of nitrogens with one attached hydrogen (secondary N) is 1. The molecule has 0 aliphatic heterocycles. The van der Waals surface area contributed by atoms with Gasteiger partial charge in [-0.2, -0.15) is 0 Å². The van der Waals surface area contributed by atoms with Crippen LogP contribution in [0.2, 0.25) is 0 Å². The van der Waals surface area contributed by atoms with Gasteiger partial charge in [-0.3, -0.25) is 4.79 Å². The van der Waals surface area contributed by atoms with Crippen LogP contribution in [0.5, 0.6) is 5.75 Å². The Morgan fingerprint density at radius 3 is 2.89 bits per heavy atom. The zero-order chi connectivity index (χ0) is 13.5. The molecule has 1 amide bonds. The highest BCUT2D eigenvalue weighted by molar-refractivity contribution is 9.10. The molecule has 0 aromatic heterocycles. The molecule has 0 unspecified atom stereocenters. The second-order valence-electron chi connectivity index (χ2n) is 4.02. The molecular weight excluding hydrogens is 296 g/mol. The van der Waals surface area contributed by atoms with Gasteiger partial charge in [-0.1, -0.05) is 22.0 Å². The molecule has 0 aliphatic rings. The molecule has 0 aliphatic carbocycles. The molecule has 1 aromatic rings. The molecule has 0 bridgehead atoms. The Labute approximate surface area is 116 Å². The average molecular weight is 315 g/mol. The van der Waals surface area contributed by atoms with Crippen molar-refractivity contribution in [3.05, 3.63) is 28.2 Å². The first-order chi connectivity index (χ1) is 8.54. The Kier molecular flexibility index (Phi) is 6.15. The minimum atomic E-state index is -0.0995. The molecule has 1 aromatic carbocycles. The Hall–Kier alpha value is -1.07. The Morgan fingerprint density at radius 1 is 1.56 bits per heavy atom. The van der Waals surface area contributed by atoms with Crippen molar-refractivity contribution >= 4 is 21.8 Å². The molecule has 0 spiro atoms. The molecule has 3 N–H and O–H groups in total. The second-order valence-corrected chi connectivity index (χ2v) is 4.94. The maximum absolute atomic E-state index is 11.3. The summed E-state index contributed by atoms with van der Waals surface area (Å²) in [6.07, 6.45) is 0.346. The van der Waals surface area contributed by atoms with Gasteiger partial charge in [-0.25, -0.2) is 0 Å². The van der Waals surface area contributed by atoms with E-state index in [1.807, 2.05) is 32.0 Å². The Bertz CT molecular complexity index is 408. The highest BCUT2D eigenvalue weighted by Crippen LogP contribution is 2.27. The predicted octanol–water partition coefficient (Wildman–Crippen LogP) is 2.37. The molecule has 0 radical (unpaired) electrons. The van der Waals surface area contributed by atoms with Crippen molar-refractivity contribution < 1.29 is 9.53 Å². The summed E-state index contributed by atoms with van der Waals surface area (Å²) in [5.74, 6) is 0.721. The first-order valence-electron chi connectivity index (χ1n) is 5.99. The second kappa shape index (κ2) is 7.38. The maximum Gasteiger partial charge on any atom is 0.223 e. The normalized spacial score (nSPS) is 12.0. The molecule has 5 heteroatoms. The molecule has 1 atom stereocenters. The Balaban J connectivity index is 2.60. The largest absolute Gasteiger partial charge is 0.493 e. The van der Waals surface area contributed by atoms with Crippen molar-refractivity contribution in [2.75, 3.05) is 13.2 Å². The van der Waals surface area contributed by atoms with Gasteiger partial charge in [0.2, 0.25) is 5.91 Å². The van der Waals surface area contributed by atoms with Gasteiger partial charge >= 0.3 is 0 Å². The topological polar surface area (TPSA) is 64.3 Å². The lowest BCUT2D eigenvalue weighted by Gasteiger charge is -2.14. The quantitative estimate of drug-likeness (QED) is 0.847. The van der Waals surface area contributed by atoms with E-state index in [2.05, 4.69) is 21.2 Å². The van der Waals surface area contributed by atoms with Gasteiger partial charge in [-0.05, 0) is 26.0 Å². The van der Waals surface area contributed by atoms with Crippen molar-refractivity contribution in [3.8, 4) is 5.75 Å². The van der Waals surface area contributed by atoms with E-state index in [4.69, 9.17) is 10.5 Å². The number of hydrogen-bond donors (Lipinski definition) is 2. The minimum Gasteiger partial charge on any atom is -0.493 e. The number of amides is 1. The highest BCUT2D eigenvalue weighted by Gasteiger charge is 2.09. The first-order valence-corrected chi connectivity index (χ1v) is 6.78. The highest BCUT2D eigenvalue weighted by atomic mass is 79.9. The van der Waals surface area contributed by atoms with E-state index >= 15 is 0 Å². The average Bonchev–Trinajstić information content (AvgIpc) is 2.29. The summed E-state index contributed by atoms with van der Waals surface area (Å²) in [4.78, 5) is 11.3. The lowest BCUT2D eigenvalue weighted by molar-refractivity contribution is -0.121. The van der Waals surface area contributed by atoms with Crippen LogP contribution in [-0.4, -0.2) is 19.1 Å². The van der Waals surface area contributed by atoms with E-state index in [9.17, 15) is 4.79 Å². The number of carbonyl (C=O) groups excluding carboxylic acids is 1. The molecule has 0 fully saturated rings. The number of rotatable bonds is 6. The summed E-state index contributed by atoms with van der Waals surface area (Å²) in [7, 11) is 0. The number of hydrogen-bond acceptors (Lipinski definition) is 3. The maximum atomic E-state index is 11.3. The van der Waals surface area contributed by atoms with Crippen LogP contribution in [0.1, 0.15) is 31.9 Å². The fourth-order valence-corrected chi connectivity index (χ4v) is 1.89. The van der Waals surface area contributed by atoms with Crippen LogP contribution in [0.25, 0.3) is 0 Å². The van der Waals surface area contributed by atoms with Crippen LogP contribution in [-0.2, 0) is 4.79 Å². The van der Waals surface area contributed by atoms with E-state index in [1.165, 1.54) is 0 Å². The summed E-state index contributed by atoms with van der Waals surface area (Å²) in [6, 6.07) is 5.62. The van der Waals surface area contributed by atoms with Crippen molar-refractivity contribution in [1.82, 2.24) is 5.32 Å². The number of benzene rings is 1. The van der Waals surface area contributed by atoms with Gasteiger partial charge in [0.05, 0.1) is 13.0 Å². The third kappa shape index (κ3) is 4.66. The van der Waals surface area contributed by atoms with Crippen molar-refractivity contribution in [2.45, 2.75) is 26.3 Å². The third-order valence-electron chi connectivity index (χ3n) is 2.43. The molecule has 0 saturated heterocycles. The van der Waals surface area contributed by atoms with E-state index in [-0.39, 0.29) is 11.9 Å². The van der Waals surface area contributed by atoms with Crippen LogP contribution in [0.3, 0.4) is 0 Å². The summed E-state index contributed by atoms with van der Waals surface area (Å²) < 4.78 is 6.56. The van der Waals surface area contributed by atoms with Crippen LogP contribution in [0, 0.1) is 0 Å². The Morgan fingerprint density at radius 2 is 2.28 bits per heavy atom. The molecular formula is C13H19BrN2O2. The number of halogens is 1. The summed E-state index contributed by atoms with van der Waals surface area (Å²) >= 11 is 3.39. The molecule has 0 saturated carbocycles. The molecule has 18 heavy (non-hydrogen) atoms. The smallest absolute Gasteiger partial charge is 0.223 e. The zero-order valence-corrected chi connectivity index (χ0v) is 12.3. The van der Waals surface area contributed by atoms with Gasteiger partial charge < -0.3 is 15.8 Å². The van der Waals surface area contributed by atoms with Crippen LogP contribution in [0.15, 0.2) is 22.7 Å². The predicted molar refractivity (Wildman–Crippen MR) is 75.5 cm³/mol. The van der Waals surface area contributed by atoms with Crippen molar-refractivity contribution in [1.29, 1.82) is 0 Å². The van der Waals surface area contributed by atoms with E-state index in [0.717, 1.165) is 15.8 Å².